The summed E-state index contributed by atoms with van der Waals surface area (Å²) in [4.78, 5) is 14.9. The van der Waals surface area contributed by atoms with E-state index in [0.29, 0.717) is 25.5 Å². The van der Waals surface area contributed by atoms with Crippen molar-refractivity contribution in [3.8, 4) is 11.5 Å². The number of benzene rings is 1. The van der Waals surface area contributed by atoms with Gasteiger partial charge >= 0.3 is 0 Å². The first-order valence-corrected chi connectivity index (χ1v) is 9.29. The first kappa shape index (κ1) is 16.7. The Hall–Kier alpha value is -1.79. The fraction of sp³-hybridized carbons (Fsp3) is 0.632. The van der Waals surface area contributed by atoms with Gasteiger partial charge in [-0.2, -0.15) is 0 Å². The van der Waals surface area contributed by atoms with Crippen LogP contribution in [0.5, 0.6) is 11.5 Å². The van der Waals surface area contributed by atoms with Gasteiger partial charge in [0.05, 0.1) is 25.3 Å². The Balaban J connectivity index is 1.28. The molecule has 2 atom stereocenters. The molecule has 0 unspecified atom stereocenters. The van der Waals surface area contributed by atoms with E-state index < -0.39 is 0 Å². The summed E-state index contributed by atoms with van der Waals surface area (Å²) in [5.74, 6) is 1.64. The Morgan fingerprint density at radius 3 is 2.84 bits per heavy atom. The molecular formula is C19H26N2O4. The van der Waals surface area contributed by atoms with E-state index in [2.05, 4.69) is 10.2 Å². The molecule has 1 aromatic rings. The van der Waals surface area contributed by atoms with Crippen molar-refractivity contribution in [2.24, 2.45) is 0 Å². The number of likely N-dealkylation sites (tertiary alicyclic amines) is 1. The van der Waals surface area contributed by atoms with E-state index in [1.807, 2.05) is 18.2 Å². The van der Waals surface area contributed by atoms with E-state index in [1.54, 1.807) is 0 Å². The summed E-state index contributed by atoms with van der Waals surface area (Å²) < 4.78 is 16.4. The van der Waals surface area contributed by atoms with Gasteiger partial charge in [0.25, 0.3) is 0 Å². The maximum absolute atomic E-state index is 12.4. The molecule has 3 aliphatic heterocycles. The van der Waals surface area contributed by atoms with Gasteiger partial charge in [-0.15, -0.1) is 0 Å². The summed E-state index contributed by atoms with van der Waals surface area (Å²) in [6, 6.07) is 6.31. The van der Waals surface area contributed by atoms with E-state index >= 15 is 0 Å². The summed E-state index contributed by atoms with van der Waals surface area (Å²) in [5.41, 5.74) is 1.09. The van der Waals surface area contributed by atoms with Gasteiger partial charge in [0.1, 0.15) is 0 Å². The number of aryl methyl sites for hydroxylation is 1. The molecule has 2 fully saturated rings. The average Bonchev–Trinajstić information content (AvgIpc) is 3.29. The molecule has 4 rings (SSSR count). The van der Waals surface area contributed by atoms with Crippen molar-refractivity contribution in [1.29, 1.82) is 0 Å². The van der Waals surface area contributed by atoms with Crippen molar-refractivity contribution in [3.05, 3.63) is 23.8 Å². The van der Waals surface area contributed by atoms with Crippen molar-refractivity contribution >= 4 is 5.91 Å². The monoisotopic (exact) mass is 346 g/mol. The van der Waals surface area contributed by atoms with Crippen LogP contribution in [0.1, 0.15) is 31.2 Å². The van der Waals surface area contributed by atoms with Crippen LogP contribution >= 0.6 is 0 Å². The van der Waals surface area contributed by atoms with Crippen molar-refractivity contribution in [1.82, 2.24) is 10.2 Å². The Morgan fingerprint density at radius 2 is 1.96 bits per heavy atom. The summed E-state index contributed by atoms with van der Waals surface area (Å²) >= 11 is 0. The zero-order valence-corrected chi connectivity index (χ0v) is 14.5. The number of carbonyl (C=O) groups excluding carboxylic acids is 1. The molecule has 3 aliphatic rings. The Morgan fingerprint density at radius 1 is 1.12 bits per heavy atom. The Labute approximate surface area is 148 Å². The molecular weight excluding hydrogens is 320 g/mol. The number of amides is 1. The second-order valence-electron chi connectivity index (χ2n) is 7.06. The van der Waals surface area contributed by atoms with Crippen molar-refractivity contribution < 1.29 is 19.0 Å². The third-order valence-electron chi connectivity index (χ3n) is 5.33. The van der Waals surface area contributed by atoms with Gasteiger partial charge in [0, 0.05) is 6.42 Å². The zero-order valence-electron chi connectivity index (χ0n) is 14.5. The summed E-state index contributed by atoms with van der Waals surface area (Å²) in [6.45, 7) is 3.87. The minimum absolute atomic E-state index is 0.0928. The second-order valence-corrected chi connectivity index (χ2v) is 7.06. The molecule has 0 bridgehead atoms. The normalized spacial score (nSPS) is 25.9. The summed E-state index contributed by atoms with van der Waals surface area (Å²) in [5, 5.41) is 3.19. The van der Waals surface area contributed by atoms with Gasteiger partial charge in [-0.3, -0.25) is 9.69 Å². The largest absolute Gasteiger partial charge is 0.454 e. The van der Waals surface area contributed by atoms with Gasteiger partial charge < -0.3 is 19.5 Å². The van der Waals surface area contributed by atoms with Crippen LogP contribution in [-0.4, -0.2) is 56.0 Å². The number of nitrogens with zero attached hydrogens (tertiary/aromatic N) is 1. The number of rotatable bonds is 5. The minimum atomic E-state index is 0.0928. The fourth-order valence-electron chi connectivity index (χ4n) is 3.92. The van der Waals surface area contributed by atoms with Gasteiger partial charge in [-0.25, -0.2) is 0 Å². The number of fused-ring (bicyclic) bond motifs is 1. The quantitative estimate of drug-likeness (QED) is 0.880. The van der Waals surface area contributed by atoms with Crippen LogP contribution in [0, 0.1) is 0 Å². The highest BCUT2D eigenvalue weighted by Gasteiger charge is 2.34. The molecule has 1 aromatic carbocycles. The van der Waals surface area contributed by atoms with Crippen molar-refractivity contribution in [2.75, 3.05) is 33.1 Å². The highest BCUT2D eigenvalue weighted by atomic mass is 16.7. The topological polar surface area (TPSA) is 60.0 Å². The maximum Gasteiger partial charge on any atom is 0.231 e. The molecule has 1 N–H and O–H groups in total. The predicted octanol–water partition coefficient (Wildman–Crippen LogP) is 1.72. The van der Waals surface area contributed by atoms with Crippen LogP contribution in [0.15, 0.2) is 18.2 Å². The zero-order chi connectivity index (χ0) is 17.1. The molecule has 3 heterocycles. The van der Waals surface area contributed by atoms with Crippen LogP contribution in [-0.2, 0) is 16.0 Å². The van der Waals surface area contributed by atoms with Gasteiger partial charge in [-0.1, -0.05) is 12.5 Å². The number of piperidine rings is 1. The van der Waals surface area contributed by atoms with Gasteiger partial charge in [-0.05, 0) is 50.0 Å². The highest BCUT2D eigenvalue weighted by Crippen LogP contribution is 2.32. The van der Waals surface area contributed by atoms with Gasteiger partial charge in [0.2, 0.25) is 12.7 Å². The van der Waals surface area contributed by atoms with Crippen LogP contribution in [0.2, 0.25) is 0 Å². The Bertz CT molecular complexity index is 615. The first-order chi connectivity index (χ1) is 12.3. The Kier molecular flexibility index (Phi) is 5.08. The number of carbonyl (C=O) groups is 1. The molecule has 2 saturated heterocycles. The smallest absolute Gasteiger partial charge is 0.231 e. The molecule has 0 aliphatic carbocycles. The average molecular weight is 346 g/mol. The third kappa shape index (κ3) is 3.90. The lowest BCUT2D eigenvalue weighted by Gasteiger charge is -2.34. The minimum Gasteiger partial charge on any atom is -0.454 e. The molecule has 0 spiro atoms. The fourth-order valence-corrected chi connectivity index (χ4v) is 3.92. The molecule has 0 radical (unpaired) electrons. The molecule has 0 aromatic heterocycles. The SMILES string of the molecule is O=C(CCc1ccc2c(c1)OCO2)N[C@H]1COC[C@@H]1N1CCCCC1. The first-order valence-electron chi connectivity index (χ1n) is 9.29. The van der Waals surface area contributed by atoms with E-state index in [1.165, 1.54) is 19.3 Å². The van der Waals surface area contributed by atoms with Crippen LogP contribution in [0.3, 0.4) is 0 Å². The summed E-state index contributed by atoms with van der Waals surface area (Å²) in [7, 11) is 0. The predicted molar refractivity (Wildman–Crippen MR) is 92.8 cm³/mol. The molecule has 25 heavy (non-hydrogen) atoms. The van der Waals surface area contributed by atoms with E-state index in [9.17, 15) is 4.79 Å². The third-order valence-corrected chi connectivity index (χ3v) is 5.33. The second kappa shape index (κ2) is 7.62. The van der Waals surface area contributed by atoms with Crippen LogP contribution in [0.25, 0.3) is 0 Å². The summed E-state index contributed by atoms with van der Waals surface area (Å²) in [6.07, 6.45) is 4.99. The lowest BCUT2D eigenvalue weighted by Crippen LogP contribution is -2.52. The van der Waals surface area contributed by atoms with Crippen LogP contribution < -0.4 is 14.8 Å². The highest BCUT2D eigenvalue weighted by molar-refractivity contribution is 5.76. The van der Waals surface area contributed by atoms with Crippen molar-refractivity contribution in [2.45, 2.75) is 44.2 Å². The number of ether oxygens (including phenoxy) is 3. The maximum atomic E-state index is 12.4. The molecule has 136 valence electrons. The van der Waals surface area contributed by atoms with E-state index in [-0.39, 0.29) is 18.7 Å². The van der Waals surface area contributed by atoms with Crippen LogP contribution in [0.4, 0.5) is 0 Å². The molecule has 6 heteroatoms. The van der Waals surface area contributed by atoms with Crippen molar-refractivity contribution in [3.63, 3.8) is 0 Å². The number of hydrogen-bond donors (Lipinski definition) is 1. The van der Waals surface area contributed by atoms with E-state index in [4.69, 9.17) is 14.2 Å². The molecule has 0 saturated carbocycles. The number of hydrogen-bond acceptors (Lipinski definition) is 5. The number of nitrogens with one attached hydrogen (secondary N) is 1. The lowest BCUT2D eigenvalue weighted by atomic mass is 10.0. The van der Waals surface area contributed by atoms with Gasteiger partial charge in [0.15, 0.2) is 11.5 Å². The molecule has 1 amide bonds. The van der Waals surface area contributed by atoms with E-state index in [0.717, 1.165) is 36.8 Å². The molecule has 6 nitrogen and oxygen atoms in total. The standard InChI is InChI=1S/C19H26N2O4/c22-19(7-5-14-4-6-17-18(10-14)25-13-24-17)20-15-11-23-12-16(15)21-8-2-1-3-9-21/h4,6,10,15-16H,1-3,5,7-9,11-13H2,(H,20,22)/t15-,16-/m0/s1. The lowest BCUT2D eigenvalue weighted by molar-refractivity contribution is -0.122.